The highest BCUT2D eigenvalue weighted by Crippen LogP contribution is 2.32. The maximum absolute atomic E-state index is 12.2. The van der Waals surface area contributed by atoms with Gasteiger partial charge in [0.15, 0.2) is 0 Å². The summed E-state index contributed by atoms with van der Waals surface area (Å²) in [6, 6.07) is 0.920. The molecule has 3 aliphatic heterocycles. The number of nitrogens with one attached hydrogen (secondary N) is 3. The molecule has 0 saturated carbocycles. The number of carbonyl (C=O) groups excluding carboxylic acids is 2. The maximum Gasteiger partial charge on any atom is 0.242 e. The van der Waals surface area contributed by atoms with Crippen molar-refractivity contribution in [3.8, 4) is 0 Å². The molecule has 3 unspecified atom stereocenters. The van der Waals surface area contributed by atoms with Crippen molar-refractivity contribution in [3.63, 3.8) is 0 Å². The van der Waals surface area contributed by atoms with Crippen molar-refractivity contribution in [2.45, 2.75) is 69.5 Å². The molecule has 6 heteroatoms. The average molecular weight is 316 g/mol. The van der Waals surface area contributed by atoms with Crippen molar-refractivity contribution in [2.24, 2.45) is 5.92 Å². The Morgan fingerprint density at radius 2 is 1.86 bits per heavy atom. The van der Waals surface area contributed by atoms with Crippen LogP contribution in [0.15, 0.2) is 0 Å². The highest BCUT2D eigenvalue weighted by atomic mass is 35.5. The lowest BCUT2D eigenvalue weighted by molar-refractivity contribution is -0.129. The van der Waals surface area contributed by atoms with Gasteiger partial charge in [0.2, 0.25) is 11.8 Å². The third-order valence-corrected chi connectivity index (χ3v) is 4.92. The third-order valence-electron chi connectivity index (χ3n) is 4.92. The number of piperidine rings is 1. The Labute approximate surface area is 132 Å². The molecular formula is C15H26ClN3O2. The number of amides is 2. The van der Waals surface area contributed by atoms with Crippen LogP contribution in [0.3, 0.4) is 0 Å². The number of rotatable bonds is 3. The zero-order valence-electron chi connectivity index (χ0n) is 12.4. The molecule has 3 rings (SSSR count). The molecular weight excluding hydrogens is 290 g/mol. The normalized spacial score (nSPS) is 35.3. The molecule has 0 aromatic carbocycles. The predicted octanol–water partition coefficient (Wildman–Crippen LogP) is 1.11. The Kier molecular flexibility index (Phi) is 5.88. The van der Waals surface area contributed by atoms with Crippen molar-refractivity contribution in [2.75, 3.05) is 6.54 Å². The second-order valence-corrected chi connectivity index (χ2v) is 6.59. The summed E-state index contributed by atoms with van der Waals surface area (Å²) in [7, 11) is 0. The minimum absolute atomic E-state index is 0. The zero-order chi connectivity index (χ0) is 13.9. The first-order valence-corrected chi connectivity index (χ1v) is 8.04. The van der Waals surface area contributed by atoms with Crippen LogP contribution in [0, 0.1) is 5.92 Å². The van der Waals surface area contributed by atoms with Gasteiger partial charge in [0, 0.05) is 25.0 Å². The Bertz CT molecular complexity index is 379. The first kappa shape index (κ1) is 16.6. The van der Waals surface area contributed by atoms with Gasteiger partial charge in [-0.05, 0) is 50.9 Å². The fraction of sp³-hybridized carbons (Fsp3) is 0.867. The SMILES string of the molecule is Cl.O=C(CC1CC2CCC(C1)N2)NC1CCCCNC1=O. The van der Waals surface area contributed by atoms with Crippen LogP contribution in [0.5, 0.6) is 0 Å². The van der Waals surface area contributed by atoms with Crippen LogP contribution in [0.25, 0.3) is 0 Å². The van der Waals surface area contributed by atoms with Crippen LogP contribution in [0.1, 0.15) is 51.4 Å². The second kappa shape index (κ2) is 7.45. The van der Waals surface area contributed by atoms with Crippen LogP contribution >= 0.6 is 12.4 Å². The Morgan fingerprint density at radius 1 is 1.14 bits per heavy atom. The molecule has 120 valence electrons. The quantitative estimate of drug-likeness (QED) is 0.731. The molecule has 3 heterocycles. The van der Waals surface area contributed by atoms with Crippen molar-refractivity contribution in [3.05, 3.63) is 0 Å². The van der Waals surface area contributed by atoms with Gasteiger partial charge in [-0.3, -0.25) is 9.59 Å². The number of hydrogen-bond acceptors (Lipinski definition) is 3. The number of carbonyl (C=O) groups is 2. The highest BCUT2D eigenvalue weighted by Gasteiger charge is 2.34. The fourth-order valence-corrected chi connectivity index (χ4v) is 3.93. The van der Waals surface area contributed by atoms with Crippen LogP contribution in [-0.2, 0) is 9.59 Å². The van der Waals surface area contributed by atoms with Gasteiger partial charge in [-0.15, -0.1) is 12.4 Å². The molecule has 0 aromatic rings. The Morgan fingerprint density at radius 3 is 2.57 bits per heavy atom. The molecule has 2 bridgehead atoms. The summed E-state index contributed by atoms with van der Waals surface area (Å²) >= 11 is 0. The van der Waals surface area contributed by atoms with Crippen molar-refractivity contribution < 1.29 is 9.59 Å². The van der Waals surface area contributed by atoms with E-state index in [9.17, 15) is 9.59 Å². The molecule has 0 aliphatic carbocycles. The largest absolute Gasteiger partial charge is 0.354 e. The van der Waals surface area contributed by atoms with E-state index in [1.165, 1.54) is 12.8 Å². The second-order valence-electron chi connectivity index (χ2n) is 6.59. The smallest absolute Gasteiger partial charge is 0.242 e. The number of fused-ring (bicyclic) bond motifs is 2. The lowest BCUT2D eigenvalue weighted by Gasteiger charge is -2.29. The van der Waals surface area contributed by atoms with Gasteiger partial charge in [-0.25, -0.2) is 0 Å². The third kappa shape index (κ3) is 4.33. The van der Waals surface area contributed by atoms with Crippen molar-refractivity contribution >= 4 is 24.2 Å². The van der Waals surface area contributed by atoms with Gasteiger partial charge in [-0.1, -0.05) is 0 Å². The van der Waals surface area contributed by atoms with Crippen LogP contribution in [-0.4, -0.2) is 36.5 Å². The van der Waals surface area contributed by atoms with Gasteiger partial charge in [0.1, 0.15) is 6.04 Å². The minimum atomic E-state index is -0.316. The predicted molar refractivity (Wildman–Crippen MR) is 83.3 cm³/mol. The molecule has 2 amide bonds. The summed E-state index contributed by atoms with van der Waals surface area (Å²) in [4.78, 5) is 24.0. The molecule has 3 saturated heterocycles. The number of halogens is 1. The highest BCUT2D eigenvalue weighted by molar-refractivity contribution is 5.87. The zero-order valence-corrected chi connectivity index (χ0v) is 13.2. The first-order valence-electron chi connectivity index (χ1n) is 8.04. The Hall–Kier alpha value is -0.810. The summed E-state index contributed by atoms with van der Waals surface area (Å²) < 4.78 is 0. The van der Waals surface area contributed by atoms with E-state index in [0.717, 1.165) is 38.6 Å². The molecule has 5 nitrogen and oxygen atoms in total. The van der Waals surface area contributed by atoms with Crippen LogP contribution < -0.4 is 16.0 Å². The average Bonchev–Trinajstić information content (AvgIpc) is 2.62. The van der Waals surface area contributed by atoms with Crippen molar-refractivity contribution in [1.82, 2.24) is 16.0 Å². The summed E-state index contributed by atoms with van der Waals surface area (Å²) in [6.07, 6.45) is 8.10. The van der Waals surface area contributed by atoms with Gasteiger partial charge in [-0.2, -0.15) is 0 Å². The van der Waals surface area contributed by atoms with E-state index in [0.29, 0.717) is 24.4 Å². The van der Waals surface area contributed by atoms with E-state index in [4.69, 9.17) is 0 Å². The van der Waals surface area contributed by atoms with E-state index in [1.54, 1.807) is 0 Å². The maximum atomic E-state index is 12.2. The molecule has 0 radical (unpaired) electrons. The summed E-state index contributed by atoms with van der Waals surface area (Å²) in [5, 5.41) is 9.39. The molecule has 3 fully saturated rings. The fourth-order valence-electron chi connectivity index (χ4n) is 3.93. The first-order chi connectivity index (χ1) is 9.70. The minimum Gasteiger partial charge on any atom is -0.354 e. The van der Waals surface area contributed by atoms with E-state index in [2.05, 4.69) is 16.0 Å². The monoisotopic (exact) mass is 315 g/mol. The molecule has 0 spiro atoms. The van der Waals surface area contributed by atoms with Gasteiger partial charge < -0.3 is 16.0 Å². The van der Waals surface area contributed by atoms with Crippen LogP contribution in [0.2, 0.25) is 0 Å². The van der Waals surface area contributed by atoms with E-state index < -0.39 is 0 Å². The lowest BCUT2D eigenvalue weighted by atomic mass is 9.89. The topological polar surface area (TPSA) is 70.2 Å². The van der Waals surface area contributed by atoms with Gasteiger partial charge in [0.05, 0.1) is 0 Å². The van der Waals surface area contributed by atoms with Gasteiger partial charge in [0.25, 0.3) is 0 Å². The molecule has 3 N–H and O–H groups in total. The standard InChI is InChI=1S/C15H25N3O2.ClH/c19-14(18-13-3-1-2-6-16-15(13)20)9-10-7-11-4-5-12(8-10)17-11;/h10-13,17H,1-9H2,(H,16,20)(H,18,19);1H. The van der Waals surface area contributed by atoms with E-state index >= 15 is 0 Å². The molecule has 0 aromatic heterocycles. The summed E-state index contributed by atoms with van der Waals surface area (Å²) in [6.45, 7) is 0.739. The summed E-state index contributed by atoms with van der Waals surface area (Å²) in [5.74, 6) is 0.530. The molecule has 3 aliphatic rings. The molecule has 3 atom stereocenters. The molecule has 21 heavy (non-hydrogen) atoms. The summed E-state index contributed by atoms with van der Waals surface area (Å²) in [5.41, 5.74) is 0. The van der Waals surface area contributed by atoms with Gasteiger partial charge >= 0.3 is 0 Å². The van der Waals surface area contributed by atoms with Crippen molar-refractivity contribution in [1.29, 1.82) is 0 Å². The number of hydrogen-bond donors (Lipinski definition) is 3. The Balaban J connectivity index is 0.00000161. The van der Waals surface area contributed by atoms with E-state index in [1.807, 2.05) is 0 Å². The van der Waals surface area contributed by atoms with Crippen LogP contribution in [0.4, 0.5) is 0 Å². The lowest BCUT2D eigenvalue weighted by Crippen LogP contribution is -2.46. The van der Waals surface area contributed by atoms with E-state index in [-0.39, 0.29) is 30.3 Å².